The quantitative estimate of drug-likeness (QED) is 0.289. The number of hydrogen-bond acceptors (Lipinski definition) is 7. The second-order valence-corrected chi connectivity index (χ2v) is 7.44. The number of benzene rings is 1. The Balaban J connectivity index is 1.99. The molecule has 4 heterocycles. The molecule has 2 aromatic heterocycles. The molecule has 2 aliphatic rings. The lowest BCUT2D eigenvalue weighted by Crippen LogP contribution is -2.46. The van der Waals surface area contributed by atoms with E-state index in [1.807, 2.05) is 0 Å². The minimum absolute atomic E-state index is 0.000663. The Morgan fingerprint density at radius 3 is 2.59 bits per heavy atom. The van der Waals surface area contributed by atoms with Gasteiger partial charge in [0, 0.05) is 26.3 Å². The number of nitrogens with zero attached hydrogens (tertiary/aromatic N) is 8. The summed E-state index contributed by atoms with van der Waals surface area (Å²) in [7, 11) is 0. The Bertz CT molecular complexity index is 1480. The van der Waals surface area contributed by atoms with Crippen molar-refractivity contribution in [2.24, 2.45) is 10.2 Å². The number of pyridine rings is 2. The number of azide groups is 1. The van der Waals surface area contributed by atoms with Crippen LogP contribution in [0.3, 0.4) is 0 Å². The first-order valence-electron chi connectivity index (χ1n) is 9.64. The Kier molecular flexibility index (Phi) is 4.02. The van der Waals surface area contributed by atoms with Crippen LogP contribution in [0.25, 0.3) is 43.2 Å². The van der Waals surface area contributed by atoms with Crippen LogP contribution in [-0.4, -0.2) is 20.6 Å². The first-order valence-corrected chi connectivity index (χ1v) is 9.64. The van der Waals surface area contributed by atoms with Crippen LogP contribution in [0.4, 0.5) is 0 Å². The first-order chi connectivity index (χ1) is 15.4. The van der Waals surface area contributed by atoms with Gasteiger partial charge in [-0.05, 0) is 35.7 Å². The van der Waals surface area contributed by atoms with Crippen molar-refractivity contribution in [2.75, 3.05) is 0 Å². The Hall–Kier alpha value is -4.37. The molecule has 0 radical (unpaired) electrons. The number of aliphatic hydroxyl groups is 1. The average molecular weight is 430 g/mol. The molecule has 1 atom stereocenters. The van der Waals surface area contributed by atoms with E-state index in [1.54, 1.807) is 37.3 Å². The molecule has 1 aromatic carbocycles. The highest BCUT2D eigenvalue weighted by atomic mass is 16.6. The molecule has 12 heteroatoms. The van der Waals surface area contributed by atoms with Gasteiger partial charge in [0.05, 0.1) is 22.5 Å². The zero-order chi connectivity index (χ0) is 22.7. The van der Waals surface area contributed by atoms with Crippen LogP contribution in [0.1, 0.15) is 30.0 Å². The second kappa shape index (κ2) is 6.56. The molecule has 32 heavy (non-hydrogen) atoms. The molecule has 12 nitrogen and oxygen atoms in total. The third-order valence-corrected chi connectivity index (χ3v) is 5.96. The predicted molar refractivity (Wildman–Crippen MR) is 111 cm³/mol. The maximum atomic E-state index is 13.6. The summed E-state index contributed by atoms with van der Waals surface area (Å²) in [6.07, 6.45) is -0.0302. The summed E-state index contributed by atoms with van der Waals surface area (Å²) in [5.74, 6) is -2.96. The molecule has 0 bridgehead atoms. The van der Waals surface area contributed by atoms with Gasteiger partial charge in [-0.25, -0.2) is 9.78 Å². The number of carbonyl (C=O) groups excluding carboxylic acids is 1. The number of cyclic esters (lactones) is 1. The van der Waals surface area contributed by atoms with Crippen LogP contribution in [0.5, 0.6) is 0 Å². The van der Waals surface area contributed by atoms with E-state index >= 15 is 0 Å². The molecule has 0 fully saturated rings. The van der Waals surface area contributed by atoms with Crippen LogP contribution in [0.2, 0.25) is 0 Å². The number of aromatic nitrogens is 2. The van der Waals surface area contributed by atoms with Gasteiger partial charge in [0.1, 0.15) is 6.61 Å². The van der Waals surface area contributed by atoms with Crippen molar-refractivity contribution >= 4 is 16.9 Å². The molecule has 158 valence electrons. The fraction of sp³-hybridized carbons (Fsp3) is 0.250. The summed E-state index contributed by atoms with van der Waals surface area (Å²) < 4.78 is 6.09. The van der Waals surface area contributed by atoms with Gasteiger partial charge in [-0.2, -0.15) is 0 Å². The molecule has 0 saturated carbocycles. The topological polar surface area (TPSA) is 179 Å². The highest BCUT2D eigenvalue weighted by Crippen LogP contribution is 2.47. The van der Waals surface area contributed by atoms with Crippen LogP contribution in [0, 0.1) is 0 Å². The Morgan fingerprint density at radius 1 is 1.19 bits per heavy atom. The maximum Gasteiger partial charge on any atom is 0.343 e. The van der Waals surface area contributed by atoms with E-state index in [2.05, 4.69) is 25.0 Å². The summed E-state index contributed by atoms with van der Waals surface area (Å²) in [6.45, 7) is 1.20. The molecule has 0 aliphatic carbocycles. The number of ether oxygens (including phenoxy) is 1. The molecule has 0 amide bonds. The Morgan fingerprint density at radius 2 is 1.91 bits per heavy atom. The van der Waals surface area contributed by atoms with Crippen molar-refractivity contribution in [3.05, 3.63) is 84.3 Å². The van der Waals surface area contributed by atoms with Gasteiger partial charge >= 0.3 is 5.97 Å². The third-order valence-electron chi connectivity index (χ3n) is 5.96. The van der Waals surface area contributed by atoms with E-state index in [1.165, 1.54) is 6.07 Å². The summed E-state index contributed by atoms with van der Waals surface area (Å²) in [4.78, 5) is 36.2. The van der Waals surface area contributed by atoms with Gasteiger partial charge in [0.15, 0.2) is 5.60 Å². The van der Waals surface area contributed by atoms with Crippen molar-refractivity contribution in [3.63, 3.8) is 0 Å². The molecule has 3 aromatic rings. The van der Waals surface area contributed by atoms with Gasteiger partial charge in [-0.1, -0.05) is 35.4 Å². The number of esters is 1. The standard InChI is InChI=1S/C20H14N8O4/c1-2-19(31)12-8-15-16-13(7-10-5-3-4-6-14(10)23-16)20(24-26-21,25-27-22)28(15)17(29)11(12)9-32-18(19)30/h3-8,31H,2,9H2,1H3/t19-/m0/s1. The van der Waals surface area contributed by atoms with Crippen molar-refractivity contribution < 1.29 is 14.6 Å². The third kappa shape index (κ3) is 2.28. The summed E-state index contributed by atoms with van der Waals surface area (Å²) in [5.41, 5.74) is 17.1. The predicted octanol–water partition coefficient (Wildman–Crippen LogP) is 3.31. The fourth-order valence-electron chi connectivity index (χ4n) is 4.37. The lowest BCUT2D eigenvalue weighted by molar-refractivity contribution is -0.172. The van der Waals surface area contributed by atoms with Crippen LogP contribution >= 0.6 is 0 Å². The minimum Gasteiger partial charge on any atom is -0.458 e. The van der Waals surface area contributed by atoms with E-state index in [0.29, 0.717) is 10.9 Å². The van der Waals surface area contributed by atoms with Gasteiger partial charge in [-0.3, -0.25) is 9.36 Å². The zero-order valence-electron chi connectivity index (χ0n) is 16.6. The van der Waals surface area contributed by atoms with Crippen molar-refractivity contribution in [1.29, 1.82) is 0 Å². The summed E-state index contributed by atoms with van der Waals surface area (Å²) >= 11 is 0. The summed E-state index contributed by atoms with van der Waals surface area (Å²) in [5, 5.41) is 19.1. The van der Waals surface area contributed by atoms with Crippen LogP contribution < -0.4 is 5.56 Å². The number of para-hydroxylation sites is 1. The molecule has 0 saturated heterocycles. The number of rotatable bonds is 3. The summed E-state index contributed by atoms with van der Waals surface area (Å²) in [6, 6.07) is 10.2. The first kappa shape index (κ1) is 19.6. The maximum absolute atomic E-state index is 13.6. The number of hydrogen-bond donors (Lipinski definition) is 1. The van der Waals surface area contributed by atoms with E-state index in [9.17, 15) is 25.8 Å². The number of fused-ring (bicyclic) bond motifs is 5. The van der Waals surface area contributed by atoms with E-state index in [4.69, 9.17) is 4.74 Å². The normalized spacial score (nSPS) is 22.8. The molecular formula is C20H14N8O4. The minimum atomic E-state index is -2.09. The van der Waals surface area contributed by atoms with Gasteiger partial charge in [0.25, 0.3) is 5.56 Å². The van der Waals surface area contributed by atoms with E-state index in [0.717, 1.165) is 4.57 Å². The zero-order valence-corrected chi connectivity index (χ0v) is 16.6. The SMILES string of the molecule is CC[C@@]1(O)C(=O)OCc2c1cc1n(c2=O)C(N=[N+]=[N-])(N=[N+]=[N-])c2cc3ccccc3nc2-1. The molecule has 0 unspecified atom stereocenters. The number of carbonyl (C=O) groups is 1. The van der Waals surface area contributed by atoms with E-state index < -0.39 is 22.9 Å². The highest BCUT2D eigenvalue weighted by molar-refractivity contribution is 5.87. The lowest BCUT2D eigenvalue weighted by Gasteiger charge is -2.32. The molecule has 0 spiro atoms. The van der Waals surface area contributed by atoms with Gasteiger partial charge < -0.3 is 9.84 Å². The largest absolute Gasteiger partial charge is 0.458 e. The van der Waals surface area contributed by atoms with Crippen molar-refractivity contribution in [3.8, 4) is 11.4 Å². The van der Waals surface area contributed by atoms with Crippen molar-refractivity contribution in [1.82, 2.24) is 9.55 Å². The highest BCUT2D eigenvalue weighted by Gasteiger charge is 2.50. The van der Waals surface area contributed by atoms with Crippen LogP contribution in [-0.2, 0) is 27.5 Å². The van der Waals surface area contributed by atoms with Gasteiger partial charge in [-0.15, -0.1) is 0 Å². The van der Waals surface area contributed by atoms with Crippen molar-refractivity contribution in [2.45, 2.75) is 31.3 Å². The molecule has 5 rings (SSSR count). The molecule has 2 aliphatic heterocycles. The Labute approximate surface area is 178 Å². The van der Waals surface area contributed by atoms with Crippen LogP contribution in [0.15, 0.2) is 51.4 Å². The molecular weight excluding hydrogens is 416 g/mol. The smallest absolute Gasteiger partial charge is 0.343 e. The lowest BCUT2D eigenvalue weighted by atomic mass is 9.86. The molecule has 1 N–H and O–H groups in total. The average Bonchev–Trinajstić information content (AvgIpc) is 3.05. The second-order valence-electron chi connectivity index (χ2n) is 7.44. The van der Waals surface area contributed by atoms with E-state index in [-0.39, 0.29) is 41.1 Å². The monoisotopic (exact) mass is 430 g/mol. The fourth-order valence-corrected chi connectivity index (χ4v) is 4.37. The van der Waals surface area contributed by atoms with Gasteiger partial charge in [0.2, 0.25) is 5.79 Å².